The largest absolute Gasteiger partial charge is 0.478 e. The molecular formula is C22H19FN4O6S. The third-order valence-corrected chi connectivity index (χ3v) is 5.86. The number of hydrogen-bond donors (Lipinski definition) is 3. The molecule has 0 bridgehead atoms. The number of nitrogens with one attached hydrogen (secondary N) is 1. The lowest BCUT2D eigenvalue weighted by molar-refractivity contribution is -0.134. The number of carboxylic acids is 2. The summed E-state index contributed by atoms with van der Waals surface area (Å²) in [6.45, 7) is 0.264. The molecule has 0 spiro atoms. The fraction of sp³-hybridized carbons (Fsp3) is 0.0909. The summed E-state index contributed by atoms with van der Waals surface area (Å²) in [6.07, 6.45) is 5.13. The average molecular weight is 486 g/mol. The van der Waals surface area contributed by atoms with E-state index in [9.17, 15) is 27.7 Å². The van der Waals surface area contributed by atoms with Gasteiger partial charge in [0.15, 0.2) is 0 Å². The molecule has 0 saturated heterocycles. The van der Waals surface area contributed by atoms with Gasteiger partial charge in [-0.3, -0.25) is 4.98 Å². The number of carboxylic acid groups (broad SMARTS) is 2. The molecule has 12 heteroatoms. The van der Waals surface area contributed by atoms with Crippen LogP contribution in [-0.2, 0) is 26.2 Å². The fourth-order valence-corrected chi connectivity index (χ4v) is 4.20. The van der Waals surface area contributed by atoms with Crippen LogP contribution in [0.3, 0.4) is 0 Å². The quantitative estimate of drug-likeness (QED) is 0.425. The highest BCUT2D eigenvalue weighted by Crippen LogP contribution is 2.33. The minimum Gasteiger partial charge on any atom is -0.478 e. The first-order valence-electron chi connectivity index (χ1n) is 9.46. The number of benzene rings is 1. The molecule has 3 N–H and O–H groups in total. The summed E-state index contributed by atoms with van der Waals surface area (Å²) in [6, 6.07) is 10.7. The highest BCUT2D eigenvalue weighted by Gasteiger charge is 2.27. The van der Waals surface area contributed by atoms with E-state index in [1.807, 2.05) is 6.07 Å². The van der Waals surface area contributed by atoms with Gasteiger partial charge in [-0.2, -0.15) is 5.26 Å². The van der Waals surface area contributed by atoms with Crippen LogP contribution in [0.15, 0.2) is 72.0 Å². The maximum atomic E-state index is 14.4. The smallest absolute Gasteiger partial charge is 0.328 e. The highest BCUT2D eigenvalue weighted by atomic mass is 32.2. The van der Waals surface area contributed by atoms with Gasteiger partial charge in [0.2, 0.25) is 0 Å². The number of pyridine rings is 1. The van der Waals surface area contributed by atoms with Crippen molar-refractivity contribution in [3.05, 3.63) is 84.1 Å². The number of rotatable bonds is 7. The van der Waals surface area contributed by atoms with Crippen LogP contribution >= 0.6 is 0 Å². The lowest BCUT2D eigenvalue weighted by Crippen LogP contribution is -2.14. The van der Waals surface area contributed by atoms with E-state index < -0.39 is 27.8 Å². The van der Waals surface area contributed by atoms with Gasteiger partial charge in [-0.1, -0.05) is 12.1 Å². The van der Waals surface area contributed by atoms with Gasteiger partial charge in [0.05, 0.1) is 11.3 Å². The van der Waals surface area contributed by atoms with E-state index in [2.05, 4.69) is 10.3 Å². The number of hydrogen-bond acceptors (Lipinski definition) is 7. The van der Waals surface area contributed by atoms with Gasteiger partial charge < -0.3 is 15.5 Å². The van der Waals surface area contributed by atoms with Crippen LogP contribution in [0, 0.1) is 17.1 Å². The third kappa shape index (κ3) is 6.12. The minimum absolute atomic E-state index is 0.000275. The number of nitrogens with zero attached hydrogens (tertiary/aromatic N) is 3. The molecule has 34 heavy (non-hydrogen) atoms. The molecule has 0 fully saturated rings. The lowest BCUT2D eigenvalue weighted by Gasteiger charge is -2.11. The van der Waals surface area contributed by atoms with Crippen LogP contribution in [0.1, 0.15) is 11.1 Å². The Balaban J connectivity index is 0.000000440. The Morgan fingerprint density at radius 3 is 2.32 bits per heavy atom. The summed E-state index contributed by atoms with van der Waals surface area (Å²) >= 11 is 0. The fourth-order valence-electron chi connectivity index (χ4n) is 2.83. The Morgan fingerprint density at radius 2 is 1.82 bits per heavy atom. The standard InChI is InChI=1S/C18H15FN4O2S.C4H4O4/c1-21-10-13-12-23(26(24,25)14-5-4-8-22-11-14)18(16(13)9-20)15-6-2-3-7-17(15)19;5-3(6)1-2-4(7)8/h2-8,11-12,21H,10H2,1H3;1-2H,(H,5,6)(H,7,8)/b;2-1+. The van der Waals surface area contributed by atoms with Crippen molar-refractivity contribution in [3.63, 3.8) is 0 Å². The van der Waals surface area contributed by atoms with E-state index in [1.54, 1.807) is 13.1 Å². The summed E-state index contributed by atoms with van der Waals surface area (Å²) in [7, 11) is -2.38. The number of carbonyl (C=O) groups is 2. The van der Waals surface area contributed by atoms with Crippen LogP contribution in [-0.4, -0.2) is 46.6 Å². The van der Waals surface area contributed by atoms with Crippen molar-refractivity contribution in [1.29, 1.82) is 5.26 Å². The number of aliphatic carboxylic acids is 2. The zero-order valence-electron chi connectivity index (χ0n) is 17.7. The second-order valence-corrected chi connectivity index (χ2v) is 8.31. The first kappa shape index (κ1) is 25.9. The maximum Gasteiger partial charge on any atom is 0.328 e. The molecule has 0 aliphatic carbocycles. The minimum atomic E-state index is -4.06. The van der Waals surface area contributed by atoms with Crippen molar-refractivity contribution in [2.45, 2.75) is 11.4 Å². The monoisotopic (exact) mass is 486 g/mol. The molecule has 2 heterocycles. The maximum absolute atomic E-state index is 14.4. The summed E-state index contributed by atoms with van der Waals surface area (Å²) in [5, 5.41) is 28.1. The van der Waals surface area contributed by atoms with Gasteiger partial charge in [0.1, 0.15) is 16.8 Å². The molecule has 1 aromatic carbocycles. The zero-order chi connectivity index (χ0) is 25.3. The Labute approximate surface area is 194 Å². The number of halogens is 1. The second kappa shape index (κ2) is 11.5. The van der Waals surface area contributed by atoms with Crippen molar-refractivity contribution in [2.24, 2.45) is 0 Å². The second-order valence-electron chi connectivity index (χ2n) is 6.50. The summed E-state index contributed by atoms with van der Waals surface area (Å²) in [5.74, 6) is -3.12. The normalized spacial score (nSPS) is 10.9. The molecule has 3 aromatic rings. The van der Waals surface area contributed by atoms with E-state index in [-0.39, 0.29) is 28.3 Å². The Morgan fingerprint density at radius 1 is 1.18 bits per heavy atom. The molecule has 0 radical (unpaired) electrons. The van der Waals surface area contributed by atoms with Crippen molar-refractivity contribution in [1.82, 2.24) is 14.3 Å². The topological polar surface area (TPSA) is 162 Å². The molecule has 0 aliphatic rings. The predicted molar refractivity (Wildman–Crippen MR) is 119 cm³/mol. The third-order valence-electron chi connectivity index (χ3n) is 4.22. The highest BCUT2D eigenvalue weighted by molar-refractivity contribution is 7.90. The van der Waals surface area contributed by atoms with Crippen molar-refractivity contribution in [2.75, 3.05) is 7.05 Å². The van der Waals surface area contributed by atoms with Crippen LogP contribution in [0.2, 0.25) is 0 Å². The van der Waals surface area contributed by atoms with Gasteiger partial charge in [-0.25, -0.2) is 26.4 Å². The molecule has 0 atom stereocenters. The molecule has 0 saturated carbocycles. The SMILES string of the molecule is CNCc1cn(S(=O)(=O)c2cccnc2)c(-c2ccccc2F)c1C#N.O=C(O)/C=C/C(=O)O. The van der Waals surface area contributed by atoms with Crippen LogP contribution in [0.5, 0.6) is 0 Å². The number of nitriles is 1. The van der Waals surface area contributed by atoms with E-state index >= 15 is 0 Å². The first-order chi connectivity index (χ1) is 16.1. The van der Waals surface area contributed by atoms with E-state index in [0.717, 1.165) is 3.97 Å². The van der Waals surface area contributed by atoms with Crippen LogP contribution in [0.25, 0.3) is 11.3 Å². The van der Waals surface area contributed by atoms with Gasteiger partial charge >= 0.3 is 11.9 Å². The van der Waals surface area contributed by atoms with Gasteiger partial charge in [0.25, 0.3) is 10.0 Å². The van der Waals surface area contributed by atoms with E-state index in [1.165, 1.54) is 48.9 Å². The van der Waals surface area contributed by atoms with Gasteiger partial charge in [0, 0.05) is 48.4 Å². The van der Waals surface area contributed by atoms with E-state index in [4.69, 9.17) is 10.2 Å². The van der Waals surface area contributed by atoms with Crippen LogP contribution in [0.4, 0.5) is 4.39 Å². The summed E-state index contributed by atoms with van der Waals surface area (Å²) in [4.78, 5) is 22.9. The van der Waals surface area contributed by atoms with Crippen molar-refractivity contribution in [3.8, 4) is 17.3 Å². The number of aromatic nitrogens is 2. The molecule has 2 aromatic heterocycles. The molecule has 0 aliphatic heterocycles. The summed E-state index contributed by atoms with van der Waals surface area (Å²) < 4.78 is 41.6. The van der Waals surface area contributed by atoms with Gasteiger partial charge in [-0.15, -0.1) is 0 Å². The summed E-state index contributed by atoms with van der Waals surface area (Å²) in [5.41, 5.74) is 0.608. The molecule has 176 valence electrons. The Hall–Kier alpha value is -4.34. The first-order valence-corrected chi connectivity index (χ1v) is 10.9. The Kier molecular flexibility index (Phi) is 8.77. The molecule has 3 rings (SSSR count). The average Bonchev–Trinajstić information content (AvgIpc) is 3.18. The molecular weight excluding hydrogens is 467 g/mol. The Bertz CT molecular complexity index is 1350. The lowest BCUT2D eigenvalue weighted by atomic mass is 10.1. The van der Waals surface area contributed by atoms with Crippen molar-refractivity contribution < 1.29 is 32.6 Å². The van der Waals surface area contributed by atoms with E-state index in [0.29, 0.717) is 17.7 Å². The van der Waals surface area contributed by atoms with Crippen molar-refractivity contribution >= 4 is 22.0 Å². The predicted octanol–water partition coefficient (Wildman–Crippen LogP) is 2.23. The van der Waals surface area contributed by atoms with Gasteiger partial charge in [-0.05, 0) is 31.3 Å². The molecule has 0 amide bonds. The molecule has 0 unspecified atom stereocenters. The zero-order valence-corrected chi connectivity index (χ0v) is 18.5. The van der Waals surface area contributed by atoms with Crippen LogP contribution < -0.4 is 5.32 Å². The molecule has 10 nitrogen and oxygen atoms in total.